The molecule has 1 N–H and O–H groups in total. The zero-order valence-electron chi connectivity index (χ0n) is 15.2. The number of carbonyl (C=O) groups excluding carboxylic acids is 1. The second-order valence-corrected chi connectivity index (χ2v) is 6.85. The van der Waals surface area contributed by atoms with Crippen LogP contribution in [0.2, 0.25) is 5.02 Å². The molecule has 0 saturated carbocycles. The van der Waals surface area contributed by atoms with Crippen LogP contribution in [0.4, 0.5) is 5.69 Å². The summed E-state index contributed by atoms with van der Waals surface area (Å²) in [5, 5.41) is 3.31. The van der Waals surface area contributed by atoms with Gasteiger partial charge in [0.2, 0.25) is 0 Å². The number of carbonyl (C=O) groups is 1. The molecule has 0 aliphatic rings. The highest BCUT2D eigenvalue weighted by molar-refractivity contribution is 6.32. The molecule has 0 saturated heterocycles. The van der Waals surface area contributed by atoms with E-state index in [0.29, 0.717) is 16.5 Å². The number of anilines is 1. The van der Waals surface area contributed by atoms with E-state index in [1.165, 1.54) is 0 Å². The molecule has 4 rings (SSSR count). The minimum absolute atomic E-state index is 0.123. The van der Waals surface area contributed by atoms with Crippen molar-refractivity contribution in [1.29, 1.82) is 0 Å². The van der Waals surface area contributed by atoms with E-state index in [-0.39, 0.29) is 12.5 Å². The number of hydrogen-bond donors (Lipinski definition) is 1. The molecule has 0 aliphatic carbocycles. The molecule has 0 bridgehead atoms. The predicted octanol–water partition coefficient (Wildman–Crippen LogP) is 4.98. The number of para-hydroxylation sites is 1. The smallest absolute Gasteiger partial charge is 0.262 e. The summed E-state index contributed by atoms with van der Waals surface area (Å²) in [4.78, 5) is 16.9. The summed E-state index contributed by atoms with van der Waals surface area (Å²) in [6, 6.07) is 18.6. The van der Waals surface area contributed by atoms with Gasteiger partial charge in [-0.15, -0.1) is 0 Å². The van der Waals surface area contributed by atoms with Crippen LogP contribution in [0, 0.1) is 6.92 Å². The number of aryl methyl sites for hydroxylation is 1. The Kier molecular flexibility index (Phi) is 5.00. The number of fused-ring (bicyclic) bond motifs is 1. The summed E-state index contributed by atoms with van der Waals surface area (Å²) in [5.74, 6) is 0.218. The maximum absolute atomic E-state index is 12.2. The highest BCUT2D eigenvalue weighted by Gasteiger charge is 2.09. The number of rotatable bonds is 5. The van der Waals surface area contributed by atoms with Gasteiger partial charge in [0.05, 0.1) is 10.7 Å². The van der Waals surface area contributed by atoms with Crippen LogP contribution in [0.3, 0.4) is 0 Å². The second kappa shape index (κ2) is 7.74. The van der Waals surface area contributed by atoms with E-state index in [0.717, 1.165) is 22.5 Å². The summed E-state index contributed by atoms with van der Waals surface area (Å²) in [6.45, 7) is 1.92. The molecule has 1 amide bonds. The number of benzene rings is 2. The number of nitrogens with zero attached hydrogens (tertiary/aromatic N) is 2. The quantitative estimate of drug-likeness (QED) is 0.522. The summed E-state index contributed by atoms with van der Waals surface area (Å²) >= 11 is 6.03. The normalized spacial score (nSPS) is 10.8. The molecule has 140 valence electrons. The maximum Gasteiger partial charge on any atom is 0.262 e. The molecule has 0 unspecified atom stereocenters. The van der Waals surface area contributed by atoms with Gasteiger partial charge >= 0.3 is 0 Å². The highest BCUT2D eigenvalue weighted by Crippen LogP contribution is 2.24. The van der Waals surface area contributed by atoms with Gasteiger partial charge in [-0.2, -0.15) is 0 Å². The van der Waals surface area contributed by atoms with Gasteiger partial charge in [-0.25, -0.2) is 4.98 Å². The Labute approximate surface area is 167 Å². The average molecular weight is 392 g/mol. The number of hydrogen-bond acceptors (Lipinski definition) is 3. The fourth-order valence-corrected chi connectivity index (χ4v) is 3.09. The van der Waals surface area contributed by atoms with Crippen LogP contribution >= 0.6 is 11.6 Å². The fraction of sp³-hybridized carbons (Fsp3) is 0.0909. The molecule has 28 heavy (non-hydrogen) atoms. The molecular formula is C22H18ClN3O2. The number of ether oxygens (including phenoxy) is 1. The Morgan fingerprint density at radius 1 is 1.11 bits per heavy atom. The minimum atomic E-state index is -0.261. The molecule has 4 aromatic rings. The van der Waals surface area contributed by atoms with Crippen molar-refractivity contribution >= 4 is 28.8 Å². The van der Waals surface area contributed by atoms with Gasteiger partial charge < -0.3 is 14.5 Å². The number of amides is 1. The van der Waals surface area contributed by atoms with Gasteiger partial charge in [-0.3, -0.25) is 4.79 Å². The van der Waals surface area contributed by atoms with Crippen LogP contribution < -0.4 is 10.1 Å². The van der Waals surface area contributed by atoms with Crippen LogP contribution in [0.25, 0.3) is 16.9 Å². The van der Waals surface area contributed by atoms with E-state index in [9.17, 15) is 4.79 Å². The average Bonchev–Trinajstić information content (AvgIpc) is 3.11. The van der Waals surface area contributed by atoms with E-state index in [1.54, 1.807) is 24.3 Å². The largest absolute Gasteiger partial charge is 0.482 e. The van der Waals surface area contributed by atoms with Crippen molar-refractivity contribution in [3.63, 3.8) is 0 Å². The molecule has 0 radical (unpaired) electrons. The van der Waals surface area contributed by atoms with Crippen LogP contribution in [-0.2, 0) is 4.79 Å². The van der Waals surface area contributed by atoms with E-state index in [1.807, 2.05) is 60.1 Å². The molecule has 6 heteroatoms. The Morgan fingerprint density at radius 3 is 2.82 bits per heavy atom. The predicted molar refractivity (Wildman–Crippen MR) is 111 cm³/mol. The first kappa shape index (κ1) is 18.1. The summed E-state index contributed by atoms with van der Waals surface area (Å²) in [5.41, 5.74) is 4.48. The Morgan fingerprint density at radius 2 is 1.96 bits per heavy atom. The lowest BCUT2D eigenvalue weighted by atomic mass is 10.1. The third-order valence-corrected chi connectivity index (χ3v) is 4.55. The lowest BCUT2D eigenvalue weighted by molar-refractivity contribution is -0.118. The standard InChI is InChI=1S/C22H18ClN3O2/c1-15-9-10-21-25-19(13-26(21)12-15)16-5-4-6-17(11-16)24-22(27)14-28-20-8-3-2-7-18(20)23/h2-13H,14H2,1H3,(H,24,27). The minimum Gasteiger partial charge on any atom is -0.482 e. The Balaban J connectivity index is 1.47. The van der Waals surface area contributed by atoms with Crippen LogP contribution in [0.15, 0.2) is 73.1 Å². The monoisotopic (exact) mass is 391 g/mol. The molecular weight excluding hydrogens is 374 g/mol. The van der Waals surface area contributed by atoms with Crippen LogP contribution in [0.1, 0.15) is 5.56 Å². The van der Waals surface area contributed by atoms with Crippen LogP contribution in [-0.4, -0.2) is 21.9 Å². The summed E-state index contributed by atoms with van der Waals surface area (Å²) in [7, 11) is 0. The topological polar surface area (TPSA) is 55.6 Å². The Hall–Kier alpha value is -3.31. The van der Waals surface area contributed by atoms with Crippen molar-refractivity contribution < 1.29 is 9.53 Å². The van der Waals surface area contributed by atoms with E-state index < -0.39 is 0 Å². The first-order chi connectivity index (χ1) is 13.6. The first-order valence-corrected chi connectivity index (χ1v) is 9.19. The molecule has 0 spiro atoms. The summed E-state index contributed by atoms with van der Waals surface area (Å²) in [6.07, 6.45) is 4.01. The zero-order valence-corrected chi connectivity index (χ0v) is 16.0. The Bertz CT molecular complexity index is 1150. The van der Waals surface area contributed by atoms with Gasteiger partial charge in [-0.1, -0.05) is 41.9 Å². The number of aromatic nitrogens is 2. The second-order valence-electron chi connectivity index (χ2n) is 6.45. The SMILES string of the molecule is Cc1ccc2nc(-c3cccc(NC(=O)COc4ccccc4Cl)c3)cn2c1. The number of nitrogens with one attached hydrogen (secondary N) is 1. The van der Waals surface area contributed by atoms with Gasteiger partial charge in [0, 0.05) is 23.6 Å². The van der Waals surface area contributed by atoms with Gasteiger partial charge in [-0.05, 0) is 42.8 Å². The van der Waals surface area contributed by atoms with Gasteiger partial charge in [0.25, 0.3) is 5.91 Å². The number of imidazole rings is 1. The molecule has 0 fully saturated rings. The molecule has 2 heterocycles. The molecule has 0 atom stereocenters. The maximum atomic E-state index is 12.2. The van der Waals surface area contributed by atoms with Crippen LogP contribution in [0.5, 0.6) is 5.75 Å². The van der Waals surface area contributed by atoms with Crippen molar-refractivity contribution in [2.45, 2.75) is 6.92 Å². The molecule has 0 aliphatic heterocycles. The van der Waals surface area contributed by atoms with Crippen molar-refractivity contribution in [2.24, 2.45) is 0 Å². The highest BCUT2D eigenvalue weighted by atomic mass is 35.5. The molecule has 2 aromatic carbocycles. The van der Waals surface area contributed by atoms with Gasteiger partial charge in [0.1, 0.15) is 11.4 Å². The number of halogens is 1. The lowest BCUT2D eigenvalue weighted by Gasteiger charge is -2.09. The fourth-order valence-electron chi connectivity index (χ4n) is 2.90. The van der Waals surface area contributed by atoms with Crippen molar-refractivity contribution in [3.05, 3.63) is 83.6 Å². The van der Waals surface area contributed by atoms with E-state index in [2.05, 4.69) is 10.3 Å². The van der Waals surface area contributed by atoms with Crippen molar-refractivity contribution in [2.75, 3.05) is 11.9 Å². The third-order valence-electron chi connectivity index (χ3n) is 4.24. The van der Waals surface area contributed by atoms with Crippen molar-refractivity contribution in [1.82, 2.24) is 9.38 Å². The van der Waals surface area contributed by atoms with E-state index in [4.69, 9.17) is 16.3 Å². The third kappa shape index (κ3) is 4.00. The first-order valence-electron chi connectivity index (χ1n) is 8.81. The number of pyridine rings is 1. The summed E-state index contributed by atoms with van der Waals surface area (Å²) < 4.78 is 7.47. The van der Waals surface area contributed by atoms with Gasteiger partial charge in [0.15, 0.2) is 6.61 Å². The zero-order chi connectivity index (χ0) is 19.5. The van der Waals surface area contributed by atoms with E-state index >= 15 is 0 Å². The lowest BCUT2D eigenvalue weighted by Crippen LogP contribution is -2.20. The molecule has 2 aromatic heterocycles. The molecule has 5 nitrogen and oxygen atoms in total. The van der Waals surface area contributed by atoms with Crippen molar-refractivity contribution in [3.8, 4) is 17.0 Å².